The van der Waals surface area contributed by atoms with E-state index in [9.17, 15) is 0 Å². The molecule has 1 aromatic carbocycles. The lowest BCUT2D eigenvalue weighted by molar-refractivity contribution is 0.112. The van der Waals surface area contributed by atoms with Gasteiger partial charge in [-0.1, -0.05) is 25.1 Å². The van der Waals surface area contributed by atoms with Crippen LogP contribution in [-0.2, 0) is 0 Å². The fourth-order valence-corrected chi connectivity index (χ4v) is 0.941. The van der Waals surface area contributed by atoms with Crippen molar-refractivity contribution in [1.82, 2.24) is 0 Å². The minimum absolute atomic E-state index is 0.0748. The summed E-state index contributed by atoms with van der Waals surface area (Å²) in [7, 11) is 0. The maximum absolute atomic E-state index is 8.86. The molecule has 2 heteroatoms. The molecule has 0 heterocycles. The summed E-state index contributed by atoms with van der Waals surface area (Å²) in [5, 5.41) is 8.86. The summed E-state index contributed by atoms with van der Waals surface area (Å²) < 4.78 is 5.46. The van der Waals surface area contributed by atoms with Gasteiger partial charge in [-0.2, -0.15) is 0 Å². The van der Waals surface area contributed by atoms with Crippen LogP contribution in [0, 0.1) is 0 Å². The standard InChI is InChI=1S/C10H14O2/c1-2-9(8-11)12-10-6-4-3-5-7-10/h3-7,9,11H,2,8H2,1H3/t9-/m1/s1. The van der Waals surface area contributed by atoms with Crippen molar-refractivity contribution >= 4 is 0 Å². The Bertz CT molecular complexity index is 204. The normalized spacial score (nSPS) is 12.5. The first-order valence-corrected chi connectivity index (χ1v) is 4.19. The van der Waals surface area contributed by atoms with Crippen LogP contribution in [0.5, 0.6) is 5.75 Å². The van der Waals surface area contributed by atoms with Gasteiger partial charge in [0.05, 0.1) is 6.61 Å². The molecule has 0 aromatic heterocycles. The zero-order valence-electron chi connectivity index (χ0n) is 7.23. The summed E-state index contributed by atoms with van der Waals surface area (Å²) in [6.45, 7) is 2.06. The zero-order valence-corrected chi connectivity index (χ0v) is 7.23. The van der Waals surface area contributed by atoms with E-state index in [0.29, 0.717) is 0 Å². The largest absolute Gasteiger partial charge is 0.488 e. The second-order valence-electron chi connectivity index (χ2n) is 2.64. The molecule has 0 aliphatic carbocycles. The van der Waals surface area contributed by atoms with E-state index in [1.807, 2.05) is 37.3 Å². The molecule has 1 N–H and O–H groups in total. The van der Waals surface area contributed by atoms with Gasteiger partial charge >= 0.3 is 0 Å². The van der Waals surface area contributed by atoms with E-state index in [1.54, 1.807) is 0 Å². The predicted octanol–water partition coefficient (Wildman–Crippen LogP) is 1.84. The maximum Gasteiger partial charge on any atom is 0.121 e. The van der Waals surface area contributed by atoms with Crippen molar-refractivity contribution in [3.63, 3.8) is 0 Å². The quantitative estimate of drug-likeness (QED) is 0.739. The third-order valence-electron chi connectivity index (χ3n) is 1.70. The van der Waals surface area contributed by atoms with Crippen LogP contribution >= 0.6 is 0 Å². The van der Waals surface area contributed by atoms with Crippen LogP contribution in [0.3, 0.4) is 0 Å². The molecule has 0 spiro atoms. The first-order valence-electron chi connectivity index (χ1n) is 4.19. The van der Waals surface area contributed by atoms with Crippen LogP contribution in [0.25, 0.3) is 0 Å². The minimum Gasteiger partial charge on any atom is -0.488 e. The molecule has 0 unspecified atom stereocenters. The first-order chi connectivity index (χ1) is 5.86. The summed E-state index contributed by atoms with van der Waals surface area (Å²) in [4.78, 5) is 0. The zero-order chi connectivity index (χ0) is 8.81. The summed E-state index contributed by atoms with van der Waals surface area (Å²) in [6.07, 6.45) is 0.748. The average molecular weight is 166 g/mol. The fourth-order valence-electron chi connectivity index (χ4n) is 0.941. The predicted molar refractivity (Wildman–Crippen MR) is 48.2 cm³/mol. The monoisotopic (exact) mass is 166 g/mol. The maximum atomic E-state index is 8.86. The van der Waals surface area contributed by atoms with Gasteiger partial charge < -0.3 is 9.84 Å². The molecule has 0 radical (unpaired) electrons. The fraction of sp³-hybridized carbons (Fsp3) is 0.400. The van der Waals surface area contributed by atoms with E-state index in [1.165, 1.54) is 0 Å². The molecule has 66 valence electrons. The van der Waals surface area contributed by atoms with Gasteiger partial charge in [0.1, 0.15) is 11.9 Å². The molecule has 1 atom stereocenters. The Hall–Kier alpha value is -1.02. The van der Waals surface area contributed by atoms with Crippen molar-refractivity contribution in [2.75, 3.05) is 6.61 Å². The van der Waals surface area contributed by atoms with Gasteiger partial charge in [0.25, 0.3) is 0 Å². The Morgan fingerprint density at radius 1 is 1.33 bits per heavy atom. The third-order valence-corrected chi connectivity index (χ3v) is 1.70. The lowest BCUT2D eigenvalue weighted by Crippen LogP contribution is -2.19. The van der Waals surface area contributed by atoms with E-state index in [-0.39, 0.29) is 12.7 Å². The smallest absolute Gasteiger partial charge is 0.121 e. The molecular weight excluding hydrogens is 152 g/mol. The Morgan fingerprint density at radius 2 is 2.00 bits per heavy atom. The molecule has 0 saturated heterocycles. The van der Waals surface area contributed by atoms with Crippen molar-refractivity contribution in [2.45, 2.75) is 19.4 Å². The summed E-state index contributed by atoms with van der Waals surface area (Å²) >= 11 is 0. The molecule has 1 aromatic rings. The van der Waals surface area contributed by atoms with E-state index in [2.05, 4.69) is 0 Å². The second-order valence-corrected chi connectivity index (χ2v) is 2.64. The lowest BCUT2D eigenvalue weighted by atomic mass is 10.3. The van der Waals surface area contributed by atoms with Crippen molar-refractivity contribution in [3.05, 3.63) is 30.3 Å². The number of ether oxygens (including phenoxy) is 1. The van der Waals surface area contributed by atoms with Crippen molar-refractivity contribution < 1.29 is 9.84 Å². The summed E-state index contributed by atoms with van der Waals surface area (Å²) in [5.74, 6) is 0.818. The number of hydrogen-bond donors (Lipinski definition) is 1. The topological polar surface area (TPSA) is 29.5 Å². The van der Waals surface area contributed by atoms with Crippen LogP contribution in [0.1, 0.15) is 13.3 Å². The highest BCUT2D eigenvalue weighted by Gasteiger charge is 2.04. The Labute approximate surface area is 72.8 Å². The molecule has 1 rings (SSSR count). The van der Waals surface area contributed by atoms with Gasteiger partial charge in [-0.15, -0.1) is 0 Å². The van der Waals surface area contributed by atoms with E-state index in [0.717, 1.165) is 12.2 Å². The number of aliphatic hydroxyl groups is 1. The van der Waals surface area contributed by atoms with Gasteiger partial charge in [-0.25, -0.2) is 0 Å². The Kier molecular flexibility index (Phi) is 3.61. The van der Waals surface area contributed by atoms with Crippen molar-refractivity contribution in [3.8, 4) is 5.75 Å². The van der Waals surface area contributed by atoms with Crippen molar-refractivity contribution in [2.24, 2.45) is 0 Å². The molecule has 0 aliphatic rings. The molecule has 2 nitrogen and oxygen atoms in total. The highest BCUT2D eigenvalue weighted by atomic mass is 16.5. The molecule has 0 aliphatic heterocycles. The SMILES string of the molecule is CC[C@H](CO)Oc1ccccc1. The first kappa shape index (κ1) is 9.07. The van der Waals surface area contributed by atoms with Gasteiger partial charge in [0, 0.05) is 0 Å². The van der Waals surface area contributed by atoms with Crippen LogP contribution in [0.2, 0.25) is 0 Å². The highest BCUT2D eigenvalue weighted by molar-refractivity contribution is 5.21. The molecule has 0 amide bonds. The highest BCUT2D eigenvalue weighted by Crippen LogP contribution is 2.11. The van der Waals surface area contributed by atoms with Gasteiger partial charge in [0.2, 0.25) is 0 Å². The van der Waals surface area contributed by atoms with Gasteiger partial charge in [-0.05, 0) is 18.6 Å². The van der Waals surface area contributed by atoms with E-state index < -0.39 is 0 Å². The number of aliphatic hydroxyl groups excluding tert-OH is 1. The van der Waals surface area contributed by atoms with Gasteiger partial charge in [-0.3, -0.25) is 0 Å². The average Bonchev–Trinajstić information content (AvgIpc) is 2.16. The van der Waals surface area contributed by atoms with E-state index in [4.69, 9.17) is 9.84 Å². The molecule has 0 bridgehead atoms. The van der Waals surface area contributed by atoms with Crippen LogP contribution < -0.4 is 4.74 Å². The van der Waals surface area contributed by atoms with Crippen molar-refractivity contribution in [1.29, 1.82) is 0 Å². The summed E-state index contributed by atoms with van der Waals surface area (Å²) in [5.41, 5.74) is 0. The number of hydrogen-bond acceptors (Lipinski definition) is 2. The molecule has 0 saturated carbocycles. The summed E-state index contributed by atoms with van der Waals surface area (Å²) in [6, 6.07) is 9.54. The van der Waals surface area contributed by atoms with Crippen LogP contribution in [0.4, 0.5) is 0 Å². The number of rotatable bonds is 4. The number of para-hydroxylation sites is 1. The lowest BCUT2D eigenvalue weighted by Gasteiger charge is -2.14. The van der Waals surface area contributed by atoms with Crippen LogP contribution in [0.15, 0.2) is 30.3 Å². The van der Waals surface area contributed by atoms with E-state index >= 15 is 0 Å². The Morgan fingerprint density at radius 3 is 2.50 bits per heavy atom. The molecule has 0 fully saturated rings. The number of benzene rings is 1. The van der Waals surface area contributed by atoms with Gasteiger partial charge in [0.15, 0.2) is 0 Å². The van der Waals surface area contributed by atoms with Crippen LogP contribution in [-0.4, -0.2) is 17.8 Å². The second kappa shape index (κ2) is 4.78. The molecular formula is C10H14O2. The third kappa shape index (κ3) is 2.55. The Balaban J connectivity index is 2.51. The minimum atomic E-state index is -0.0765. The molecule has 12 heavy (non-hydrogen) atoms.